The summed E-state index contributed by atoms with van der Waals surface area (Å²) >= 11 is 0. The number of hydrogen-bond donors (Lipinski definition) is 1. The van der Waals surface area contributed by atoms with E-state index in [2.05, 4.69) is 13.8 Å². The lowest BCUT2D eigenvalue weighted by Gasteiger charge is -2.27. The fraction of sp³-hybridized carbons (Fsp3) is 1.00. The average Bonchev–Trinajstić information content (AvgIpc) is 2.66. The zero-order valence-electron chi connectivity index (χ0n) is 10.1. The number of ether oxygens (including phenoxy) is 2. The fourth-order valence-corrected chi connectivity index (χ4v) is 2.06. The quantitative estimate of drug-likeness (QED) is 0.660. The van der Waals surface area contributed by atoms with E-state index >= 15 is 0 Å². The molecule has 0 atom stereocenters. The lowest BCUT2D eigenvalue weighted by molar-refractivity contribution is -0.0603. The Morgan fingerprint density at radius 2 is 1.87 bits per heavy atom. The van der Waals surface area contributed by atoms with Gasteiger partial charge in [0.25, 0.3) is 0 Å². The van der Waals surface area contributed by atoms with Crippen LogP contribution >= 0.6 is 0 Å². The van der Waals surface area contributed by atoms with Crippen LogP contribution in [0.5, 0.6) is 0 Å². The predicted octanol–water partition coefficient (Wildman–Crippen LogP) is 1.95. The van der Waals surface area contributed by atoms with Gasteiger partial charge in [0, 0.05) is 13.2 Å². The molecule has 0 aromatic heterocycles. The number of rotatable bonds is 7. The van der Waals surface area contributed by atoms with Crippen LogP contribution < -0.4 is 5.73 Å². The zero-order valence-corrected chi connectivity index (χ0v) is 10.1. The molecule has 90 valence electrons. The molecular weight excluding hydrogens is 190 g/mol. The molecule has 0 amide bonds. The van der Waals surface area contributed by atoms with E-state index in [4.69, 9.17) is 15.2 Å². The van der Waals surface area contributed by atoms with E-state index in [0.29, 0.717) is 25.7 Å². The average molecular weight is 215 g/mol. The molecule has 1 fully saturated rings. The van der Waals surface area contributed by atoms with Crippen molar-refractivity contribution in [2.75, 3.05) is 26.4 Å². The van der Waals surface area contributed by atoms with Crippen molar-refractivity contribution in [3.8, 4) is 0 Å². The van der Waals surface area contributed by atoms with E-state index in [9.17, 15) is 0 Å². The molecule has 0 saturated heterocycles. The largest absolute Gasteiger partial charge is 0.379 e. The first-order valence-corrected chi connectivity index (χ1v) is 6.10. The molecule has 0 aromatic rings. The van der Waals surface area contributed by atoms with Crippen LogP contribution in [0.1, 0.15) is 39.5 Å². The molecule has 1 rings (SSSR count). The summed E-state index contributed by atoms with van der Waals surface area (Å²) in [7, 11) is 0. The molecule has 15 heavy (non-hydrogen) atoms. The maximum absolute atomic E-state index is 5.87. The molecule has 0 aromatic carbocycles. The highest BCUT2D eigenvalue weighted by Gasteiger charge is 2.32. The third-order valence-electron chi connectivity index (χ3n) is 2.97. The van der Waals surface area contributed by atoms with Crippen LogP contribution in [0.25, 0.3) is 0 Å². The number of nitrogens with two attached hydrogens (primary N) is 1. The summed E-state index contributed by atoms with van der Waals surface area (Å²) < 4.78 is 11.4. The molecule has 0 spiro atoms. The minimum absolute atomic E-state index is 0.0266. The summed E-state index contributed by atoms with van der Waals surface area (Å²) in [6, 6.07) is 0. The first-order chi connectivity index (χ1) is 7.18. The second kappa shape index (κ2) is 6.46. The Hall–Kier alpha value is -0.120. The summed E-state index contributed by atoms with van der Waals surface area (Å²) in [5.41, 5.74) is 5.74. The molecule has 3 nitrogen and oxygen atoms in total. The molecule has 2 N–H and O–H groups in total. The van der Waals surface area contributed by atoms with E-state index in [1.165, 1.54) is 12.8 Å². The first kappa shape index (κ1) is 12.9. The molecule has 0 radical (unpaired) electrons. The molecule has 1 saturated carbocycles. The molecule has 1 aliphatic carbocycles. The molecule has 0 bridgehead atoms. The van der Waals surface area contributed by atoms with Crippen LogP contribution in [-0.4, -0.2) is 32.0 Å². The van der Waals surface area contributed by atoms with E-state index in [-0.39, 0.29) is 5.60 Å². The van der Waals surface area contributed by atoms with Gasteiger partial charge in [-0.05, 0) is 18.8 Å². The second-order valence-electron chi connectivity index (χ2n) is 4.91. The normalized spacial score (nSPS) is 20.0. The highest BCUT2D eigenvalue weighted by atomic mass is 16.5. The summed E-state index contributed by atoms with van der Waals surface area (Å²) in [5, 5.41) is 0. The fourth-order valence-electron chi connectivity index (χ4n) is 2.06. The van der Waals surface area contributed by atoms with Crippen molar-refractivity contribution in [3.05, 3.63) is 0 Å². The second-order valence-corrected chi connectivity index (χ2v) is 4.91. The van der Waals surface area contributed by atoms with E-state index in [0.717, 1.165) is 19.4 Å². The van der Waals surface area contributed by atoms with Crippen molar-refractivity contribution in [2.45, 2.75) is 45.1 Å². The van der Waals surface area contributed by atoms with Gasteiger partial charge in [0.05, 0.1) is 18.8 Å². The van der Waals surface area contributed by atoms with E-state index in [1.807, 2.05) is 0 Å². The van der Waals surface area contributed by atoms with Crippen LogP contribution in [0.3, 0.4) is 0 Å². The minimum atomic E-state index is -0.0266. The van der Waals surface area contributed by atoms with Gasteiger partial charge in [0.15, 0.2) is 0 Å². The van der Waals surface area contributed by atoms with Crippen LogP contribution in [0.2, 0.25) is 0 Å². The van der Waals surface area contributed by atoms with Gasteiger partial charge in [-0.15, -0.1) is 0 Å². The molecule has 0 heterocycles. The van der Waals surface area contributed by atoms with Gasteiger partial charge in [0.1, 0.15) is 0 Å². The Morgan fingerprint density at radius 3 is 2.40 bits per heavy atom. The lowest BCUT2D eigenvalue weighted by atomic mass is 10.0. The van der Waals surface area contributed by atoms with Gasteiger partial charge in [-0.1, -0.05) is 26.7 Å². The zero-order chi connectivity index (χ0) is 11.1. The monoisotopic (exact) mass is 215 g/mol. The van der Waals surface area contributed by atoms with Crippen molar-refractivity contribution in [2.24, 2.45) is 11.7 Å². The Labute approximate surface area is 93.3 Å². The predicted molar refractivity (Wildman–Crippen MR) is 61.9 cm³/mol. The minimum Gasteiger partial charge on any atom is -0.379 e. The van der Waals surface area contributed by atoms with Crippen molar-refractivity contribution in [1.82, 2.24) is 0 Å². The van der Waals surface area contributed by atoms with Crippen molar-refractivity contribution >= 4 is 0 Å². The molecule has 0 aliphatic heterocycles. The SMILES string of the molecule is CC(C)COCCOC1(CN)CCCC1. The van der Waals surface area contributed by atoms with Gasteiger partial charge >= 0.3 is 0 Å². The topological polar surface area (TPSA) is 44.5 Å². The van der Waals surface area contributed by atoms with Gasteiger partial charge in [-0.25, -0.2) is 0 Å². The van der Waals surface area contributed by atoms with Crippen LogP contribution in [0.4, 0.5) is 0 Å². The van der Waals surface area contributed by atoms with Gasteiger partial charge in [-0.3, -0.25) is 0 Å². The van der Waals surface area contributed by atoms with Crippen molar-refractivity contribution in [1.29, 1.82) is 0 Å². The molecule has 3 heteroatoms. The lowest BCUT2D eigenvalue weighted by Crippen LogP contribution is -2.38. The summed E-state index contributed by atoms with van der Waals surface area (Å²) in [5.74, 6) is 0.597. The van der Waals surface area contributed by atoms with E-state index in [1.54, 1.807) is 0 Å². The Bertz CT molecular complexity index is 165. The van der Waals surface area contributed by atoms with Gasteiger partial charge < -0.3 is 15.2 Å². The highest BCUT2D eigenvalue weighted by molar-refractivity contribution is 4.87. The first-order valence-electron chi connectivity index (χ1n) is 6.10. The summed E-state index contributed by atoms with van der Waals surface area (Å²) in [4.78, 5) is 0. The van der Waals surface area contributed by atoms with Crippen LogP contribution in [0, 0.1) is 5.92 Å². The maximum Gasteiger partial charge on any atom is 0.0805 e. The molecule has 0 unspecified atom stereocenters. The number of hydrogen-bond acceptors (Lipinski definition) is 3. The smallest absolute Gasteiger partial charge is 0.0805 e. The van der Waals surface area contributed by atoms with Crippen molar-refractivity contribution in [3.63, 3.8) is 0 Å². The third kappa shape index (κ3) is 4.49. The summed E-state index contributed by atoms with van der Waals surface area (Å²) in [6.45, 7) is 7.15. The van der Waals surface area contributed by atoms with Crippen LogP contribution in [0.15, 0.2) is 0 Å². The third-order valence-corrected chi connectivity index (χ3v) is 2.97. The Morgan fingerprint density at radius 1 is 1.20 bits per heavy atom. The standard InChI is InChI=1S/C12H25NO2/c1-11(2)9-14-7-8-15-12(10-13)5-3-4-6-12/h11H,3-10,13H2,1-2H3. The van der Waals surface area contributed by atoms with Gasteiger partial charge in [-0.2, -0.15) is 0 Å². The molecule has 1 aliphatic rings. The maximum atomic E-state index is 5.87. The van der Waals surface area contributed by atoms with Crippen molar-refractivity contribution < 1.29 is 9.47 Å². The van der Waals surface area contributed by atoms with Crippen LogP contribution in [-0.2, 0) is 9.47 Å². The van der Waals surface area contributed by atoms with Gasteiger partial charge in [0.2, 0.25) is 0 Å². The van der Waals surface area contributed by atoms with E-state index < -0.39 is 0 Å². The molecular formula is C12H25NO2. The Balaban J connectivity index is 2.07. The highest BCUT2D eigenvalue weighted by Crippen LogP contribution is 2.31. The Kier molecular flexibility index (Phi) is 5.58. The summed E-state index contributed by atoms with van der Waals surface area (Å²) in [6.07, 6.45) is 4.75.